The highest BCUT2D eigenvalue weighted by atomic mass is 32.2. The second-order valence-corrected chi connectivity index (χ2v) is 7.79. The number of nitrogens with one attached hydrogen (secondary N) is 2. The van der Waals surface area contributed by atoms with Gasteiger partial charge in [-0.05, 0) is 49.9 Å². The number of rotatable bonds is 6. The summed E-state index contributed by atoms with van der Waals surface area (Å²) in [5.41, 5.74) is 2.28. The Kier molecular flexibility index (Phi) is 5.38. The minimum Gasteiger partial charge on any atom is -0.546 e. The molecular weight excluding hydrogens is 364 g/mol. The van der Waals surface area contributed by atoms with Gasteiger partial charge in [0.1, 0.15) is 17.3 Å². The molecule has 7 nitrogen and oxygen atoms in total. The lowest BCUT2D eigenvalue weighted by molar-refractivity contribution is 0.407. The van der Waals surface area contributed by atoms with Crippen molar-refractivity contribution in [3.05, 3.63) is 46.9 Å². The van der Waals surface area contributed by atoms with Crippen LogP contribution in [0.3, 0.4) is 0 Å². The van der Waals surface area contributed by atoms with Gasteiger partial charge >= 0.3 is 0 Å². The number of aromatic nitrogens is 2. The molecular formula is C19H24N4O3S. The molecule has 3 N–H and O–H groups in total. The molecule has 2 atom stereocenters. The normalized spacial score (nSPS) is 13.1. The van der Waals surface area contributed by atoms with Crippen LogP contribution in [-0.2, 0) is 0 Å². The van der Waals surface area contributed by atoms with E-state index in [9.17, 15) is 9.66 Å². The van der Waals surface area contributed by atoms with Gasteiger partial charge in [0, 0.05) is 8.75 Å². The Balaban J connectivity index is 1.91. The van der Waals surface area contributed by atoms with Crippen LogP contribution >= 0.6 is 11.1 Å². The van der Waals surface area contributed by atoms with Crippen LogP contribution in [0.5, 0.6) is 5.75 Å². The van der Waals surface area contributed by atoms with Crippen LogP contribution in [0.4, 0.5) is 17.3 Å². The van der Waals surface area contributed by atoms with Crippen molar-refractivity contribution in [3.63, 3.8) is 0 Å². The molecule has 0 bridgehead atoms. The van der Waals surface area contributed by atoms with Gasteiger partial charge in [0.15, 0.2) is 11.1 Å². The molecule has 0 saturated heterocycles. The van der Waals surface area contributed by atoms with Gasteiger partial charge in [-0.2, -0.15) is 0 Å². The molecule has 0 aliphatic heterocycles. The predicted octanol–water partition coefficient (Wildman–Crippen LogP) is 4.98. The first kappa shape index (κ1) is 19.2. The second-order valence-electron chi connectivity index (χ2n) is 6.96. The molecule has 8 heteroatoms. The average Bonchev–Trinajstić information content (AvgIpc) is 3.11. The Morgan fingerprint density at radius 2 is 1.81 bits per heavy atom. The Morgan fingerprint density at radius 3 is 2.44 bits per heavy atom. The van der Waals surface area contributed by atoms with Gasteiger partial charge in [-0.3, -0.25) is 0 Å². The minimum atomic E-state index is -1.72. The Hall–Kier alpha value is -2.58. The van der Waals surface area contributed by atoms with Crippen LogP contribution in [0.2, 0.25) is 0 Å². The number of benzene rings is 1. The fraction of sp³-hybridized carbons (Fsp3) is 0.368. The number of para-hydroxylation sites is 1. The SMILES string of the molecule is Cc1cc([C@H](Nc2n[s+]([O-])nc2Nc2cccc(C)c2O)C(C)C)oc1C. The highest BCUT2D eigenvalue weighted by Gasteiger charge is 2.26. The van der Waals surface area contributed by atoms with Crippen molar-refractivity contribution >= 4 is 28.5 Å². The van der Waals surface area contributed by atoms with Crippen molar-refractivity contribution in [2.45, 2.75) is 40.7 Å². The number of anilines is 3. The molecule has 1 unspecified atom stereocenters. The van der Waals surface area contributed by atoms with E-state index in [1.165, 1.54) is 0 Å². The molecule has 0 amide bonds. The van der Waals surface area contributed by atoms with E-state index in [1.54, 1.807) is 19.1 Å². The monoisotopic (exact) mass is 388 g/mol. The van der Waals surface area contributed by atoms with E-state index in [4.69, 9.17) is 4.42 Å². The van der Waals surface area contributed by atoms with Crippen LogP contribution in [0, 0.1) is 26.7 Å². The van der Waals surface area contributed by atoms with Gasteiger partial charge in [-0.1, -0.05) is 26.0 Å². The van der Waals surface area contributed by atoms with Crippen LogP contribution < -0.4 is 10.6 Å². The average molecular weight is 388 g/mol. The zero-order valence-corrected chi connectivity index (χ0v) is 16.8. The Bertz CT molecular complexity index is 929. The number of hydrogen-bond acceptors (Lipinski definition) is 7. The van der Waals surface area contributed by atoms with Gasteiger partial charge in [0.05, 0.1) is 11.7 Å². The number of furan rings is 1. The van der Waals surface area contributed by atoms with Crippen LogP contribution in [-0.4, -0.2) is 18.4 Å². The van der Waals surface area contributed by atoms with Crippen molar-refractivity contribution in [2.75, 3.05) is 10.6 Å². The van der Waals surface area contributed by atoms with E-state index < -0.39 is 11.1 Å². The first-order valence-corrected chi connectivity index (χ1v) is 9.81. The molecule has 0 fully saturated rings. The first-order valence-electron chi connectivity index (χ1n) is 8.75. The molecule has 0 aliphatic rings. The fourth-order valence-corrected chi connectivity index (χ4v) is 3.42. The summed E-state index contributed by atoms with van der Waals surface area (Å²) in [5.74, 6) is 2.67. The maximum atomic E-state index is 11.9. The summed E-state index contributed by atoms with van der Waals surface area (Å²) >= 11 is -1.72. The molecule has 0 aliphatic carbocycles. The predicted molar refractivity (Wildman–Crippen MR) is 106 cm³/mol. The fourth-order valence-electron chi connectivity index (χ4n) is 2.80. The molecule has 3 aromatic rings. The number of phenols is 1. The zero-order valence-electron chi connectivity index (χ0n) is 16.0. The number of nitrogens with zero attached hydrogens (tertiary/aromatic N) is 2. The van der Waals surface area contributed by atoms with Crippen LogP contribution in [0.1, 0.15) is 42.5 Å². The van der Waals surface area contributed by atoms with E-state index >= 15 is 0 Å². The van der Waals surface area contributed by atoms with E-state index in [1.807, 2.05) is 26.0 Å². The largest absolute Gasteiger partial charge is 0.546 e. The van der Waals surface area contributed by atoms with Gasteiger partial charge < -0.3 is 24.7 Å². The molecule has 0 spiro atoms. The highest BCUT2D eigenvalue weighted by molar-refractivity contribution is 7.14. The molecule has 3 rings (SSSR count). The van der Waals surface area contributed by atoms with Gasteiger partial charge in [-0.25, -0.2) is 0 Å². The third-order valence-electron chi connectivity index (χ3n) is 4.50. The van der Waals surface area contributed by atoms with Crippen molar-refractivity contribution in [2.24, 2.45) is 5.92 Å². The van der Waals surface area contributed by atoms with E-state index in [-0.39, 0.29) is 17.7 Å². The topological polar surface area (TPSA) is 106 Å². The number of phenolic OH excluding ortho intramolecular Hbond substituents is 1. The molecule has 2 aromatic heterocycles. The van der Waals surface area contributed by atoms with Crippen LogP contribution in [0.15, 0.2) is 28.7 Å². The Labute approximate surface area is 161 Å². The second kappa shape index (κ2) is 7.58. The summed E-state index contributed by atoms with van der Waals surface area (Å²) in [7, 11) is 0. The maximum absolute atomic E-state index is 11.9. The van der Waals surface area contributed by atoms with E-state index in [0.717, 1.165) is 22.6 Å². The summed E-state index contributed by atoms with van der Waals surface area (Å²) in [6.07, 6.45) is 0. The number of aryl methyl sites for hydroxylation is 3. The van der Waals surface area contributed by atoms with Crippen molar-refractivity contribution in [1.29, 1.82) is 0 Å². The third kappa shape index (κ3) is 4.06. The molecule has 27 heavy (non-hydrogen) atoms. The molecule has 2 heterocycles. The lowest BCUT2D eigenvalue weighted by atomic mass is 10.0. The standard InChI is InChI=1S/C19H24N4O3S/c1-10(2)16(15-9-12(4)13(5)26-15)21-19-18(22-27(25)23-19)20-14-8-6-7-11(3)17(14)24/h6-10,16,24H,1-5H3,(H,20,22)(H,21,23)/t16-,27?/m1/s1. The molecule has 0 radical (unpaired) electrons. The maximum Gasteiger partial charge on any atom is 0.237 e. The van der Waals surface area contributed by atoms with Gasteiger partial charge in [-0.15, -0.1) is 0 Å². The van der Waals surface area contributed by atoms with Crippen molar-refractivity contribution in [1.82, 2.24) is 8.75 Å². The highest BCUT2D eigenvalue weighted by Crippen LogP contribution is 2.36. The zero-order chi connectivity index (χ0) is 19.7. The minimum absolute atomic E-state index is 0.120. The summed E-state index contributed by atoms with van der Waals surface area (Å²) in [6.45, 7) is 9.85. The van der Waals surface area contributed by atoms with Gasteiger partial charge in [0.2, 0.25) is 11.6 Å². The quantitative estimate of drug-likeness (QED) is 0.404. The molecule has 144 valence electrons. The number of aromatic hydroxyl groups is 1. The summed E-state index contributed by atoms with van der Waals surface area (Å²) in [4.78, 5) is 0. The Morgan fingerprint density at radius 1 is 1.11 bits per heavy atom. The third-order valence-corrected chi connectivity index (χ3v) is 5.18. The summed E-state index contributed by atoms with van der Waals surface area (Å²) in [5, 5.41) is 16.5. The first-order chi connectivity index (χ1) is 12.8. The smallest absolute Gasteiger partial charge is 0.237 e. The van der Waals surface area contributed by atoms with Crippen molar-refractivity contribution in [3.8, 4) is 5.75 Å². The molecule has 0 saturated carbocycles. The lowest BCUT2D eigenvalue weighted by Gasteiger charge is -2.20. The lowest BCUT2D eigenvalue weighted by Crippen LogP contribution is -2.17. The van der Waals surface area contributed by atoms with Crippen LogP contribution in [0.25, 0.3) is 0 Å². The number of hydrogen-bond donors (Lipinski definition) is 3. The van der Waals surface area contributed by atoms with E-state index in [0.29, 0.717) is 17.3 Å². The summed E-state index contributed by atoms with van der Waals surface area (Å²) in [6, 6.07) is 7.18. The van der Waals surface area contributed by atoms with E-state index in [2.05, 4.69) is 33.2 Å². The van der Waals surface area contributed by atoms with Crippen molar-refractivity contribution < 1.29 is 14.1 Å². The summed E-state index contributed by atoms with van der Waals surface area (Å²) < 4.78 is 25.9. The van der Waals surface area contributed by atoms with Gasteiger partial charge in [0.25, 0.3) is 0 Å². The molecule has 1 aromatic carbocycles.